The quantitative estimate of drug-likeness (QED) is 0.901. The lowest BCUT2D eigenvalue weighted by Crippen LogP contribution is -2.48. The molecule has 1 aliphatic rings. The van der Waals surface area contributed by atoms with Crippen LogP contribution in [0.15, 0.2) is 17.5 Å². The molecule has 0 spiro atoms. The zero-order valence-corrected chi connectivity index (χ0v) is 11.9. The maximum atomic E-state index is 12.4. The molecule has 104 valence electrons. The molecule has 1 aromatic heterocycles. The maximum absolute atomic E-state index is 12.4. The van der Waals surface area contributed by atoms with Gasteiger partial charge in [-0.3, -0.25) is 0 Å². The molecule has 2 amide bonds. The van der Waals surface area contributed by atoms with Gasteiger partial charge < -0.3 is 14.9 Å². The first-order chi connectivity index (χ1) is 9.00. The lowest BCUT2D eigenvalue weighted by Gasteiger charge is -2.30. The van der Waals surface area contributed by atoms with E-state index in [1.807, 2.05) is 17.5 Å². The highest BCUT2D eigenvalue weighted by Crippen LogP contribution is 2.30. The third-order valence-electron chi connectivity index (χ3n) is 3.38. The molecule has 0 aromatic carbocycles. The van der Waals surface area contributed by atoms with E-state index in [1.165, 1.54) is 11.8 Å². The van der Waals surface area contributed by atoms with Crippen LogP contribution in [0.5, 0.6) is 0 Å². The van der Waals surface area contributed by atoms with Crippen LogP contribution in [0.4, 0.5) is 4.79 Å². The van der Waals surface area contributed by atoms with Crippen molar-refractivity contribution in [2.75, 3.05) is 7.05 Å². The van der Waals surface area contributed by atoms with Crippen LogP contribution in [0, 0.1) is 0 Å². The van der Waals surface area contributed by atoms with E-state index in [0.29, 0.717) is 6.54 Å². The van der Waals surface area contributed by atoms with Gasteiger partial charge in [0.25, 0.3) is 0 Å². The number of carbonyl (C=O) groups is 2. The minimum Gasteiger partial charge on any atom is -0.480 e. The number of aliphatic carboxylic acids is 1. The van der Waals surface area contributed by atoms with Crippen LogP contribution in [-0.2, 0) is 11.3 Å². The summed E-state index contributed by atoms with van der Waals surface area (Å²) in [4.78, 5) is 27.6. The Morgan fingerprint density at radius 1 is 1.53 bits per heavy atom. The van der Waals surface area contributed by atoms with Gasteiger partial charge in [-0.1, -0.05) is 6.07 Å². The number of urea groups is 1. The smallest absolute Gasteiger partial charge is 0.326 e. The molecule has 1 fully saturated rings. The topological polar surface area (TPSA) is 60.9 Å². The molecule has 0 bridgehead atoms. The summed E-state index contributed by atoms with van der Waals surface area (Å²) in [5.41, 5.74) is 0. The fourth-order valence-corrected chi connectivity index (χ4v) is 2.55. The van der Waals surface area contributed by atoms with Crippen molar-refractivity contribution in [3.63, 3.8) is 0 Å². The summed E-state index contributed by atoms with van der Waals surface area (Å²) < 4.78 is 0. The van der Waals surface area contributed by atoms with E-state index in [9.17, 15) is 9.59 Å². The summed E-state index contributed by atoms with van der Waals surface area (Å²) in [6, 6.07) is 3.20. The molecular weight excluding hydrogens is 264 g/mol. The lowest BCUT2D eigenvalue weighted by molar-refractivity contribution is -0.141. The summed E-state index contributed by atoms with van der Waals surface area (Å²) in [5.74, 6) is -0.984. The number of thiophene rings is 1. The lowest BCUT2D eigenvalue weighted by atomic mass is 10.3. The maximum Gasteiger partial charge on any atom is 0.326 e. The zero-order valence-electron chi connectivity index (χ0n) is 11.1. The second kappa shape index (κ2) is 5.61. The molecule has 1 saturated carbocycles. The van der Waals surface area contributed by atoms with Crippen LogP contribution < -0.4 is 0 Å². The third-order valence-corrected chi connectivity index (χ3v) is 4.24. The average molecular weight is 282 g/mol. The number of amides is 2. The predicted molar refractivity (Wildman–Crippen MR) is 73.1 cm³/mol. The third kappa shape index (κ3) is 3.26. The Labute approximate surface area is 116 Å². The number of carboxylic acids is 1. The molecule has 5 nitrogen and oxygen atoms in total. The Kier molecular flexibility index (Phi) is 4.09. The number of carbonyl (C=O) groups excluding carboxylic acids is 1. The van der Waals surface area contributed by atoms with E-state index < -0.39 is 12.0 Å². The molecule has 1 heterocycles. The number of hydrogen-bond acceptors (Lipinski definition) is 3. The molecule has 1 N–H and O–H groups in total. The fraction of sp³-hybridized carbons (Fsp3) is 0.538. The van der Waals surface area contributed by atoms with Crippen molar-refractivity contribution in [3.05, 3.63) is 22.4 Å². The van der Waals surface area contributed by atoms with Gasteiger partial charge in [0.15, 0.2) is 0 Å². The number of nitrogens with zero attached hydrogens (tertiary/aromatic N) is 2. The van der Waals surface area contributed by atoms with Crippen molar-refractivity contribution < 1.29 is 14.7 Å². The molecule has 0 aliphatic heterocycles. The SMILES string of the molecule is CC(C(=O)O)N(C)C(=O)N(Cc1cccs1)C1CC1. The Morgan fingerprint density at radius 2 is 2.21 bits per heavy atom. The van der Waals surface area contributed by atoms with E-state index in [4.69, 9.17) is 5.11 Å². The van der Waals surface area contributed by atoms with E-state index in [-0.39, 0.29) is 12.1 Å². The molecule has 1 aliphatic carbocycles. The molecule has 2 rings (SSSR count). The number of hydrogen-bond donors (Lipinski definition) is 1. The highest BCUT2D eigenvalue weighted by atomic mass is 32.1. The van der Waals surface area contributed by atoms with Gasteiger partial charge in [-0.2, -0.15) is 0 Å². The predicted octanol–water partition coefficient (Wildman–Crippen LogP) is 2.24. The first kappa shape index (κ1) is 13.9. The molecule has 1 atom stereocenters. The first-order valence-electron chi connectivity index (χ1n) is 6.29. The van der Waals surface area contributed by atoms with Gasteiger partial charge >= 0.3 is 12.0 Å². The summed E-state index contributed by atoms with van der Waals surface area (Å²) in [6.07, 6.45) is 2.01. The second-order valence-electron chi connectivity index (χ2n) is 4.85. The van der Waals surface area contributed by atoms with Crippen LogP contribution in [0.25, 0.3) is 0 Å². The van der Waals surface area contributed by atoms with E-state index in [2.05, 4.69) is 0 Å². The van der Waals surface area contributed by atoms with Gasteiger partial charge in [0, 0.05) is 18.0 Å². The van der Waals surface area contributed by atoms with E-state index in [1.54, 1.807) is 23.3 Å². The van der Waals surface area contributed by atoms with Crippen molar-refractivity contribution >= 4 is 23.3 Å². The van der Waals surface area contributed by atoms with Crippen LogP contribution in [-0.4, -0.2) is 46.0 Å². The number of likely N-dealkylation sites (N-methyl/N-ethyl adjacent to an activating group) is 1. The van der Waals surface area contributed by atoms with Gasteiger partial charge in [-0.05, 0) is 31.2 Å². The second-order valence-corrected chi connectivity index (χ2v) is 5.88. The molecule has 0 saturated heterocycles. The Balaban J connectivity index is 2.06. The molecule has 1 unspecified atom stereocenters. The summed E-state index contributed by atoms with van der Waals surface area (Å²) in [6.45, 7) is 2.09. The van der Waals surface area contributed by atoms with E-state index in [0.717, 1.165) is 17.7 Å². The molecule has 1 aromatic rings. The molecule has 6 heteroatoms. The number of carboxylic acid groups (broad SMARTS) is 1. The fourth-order valence-electron chi connectivity index (χ4n) is 1.84. The van der Waals surface area contributed by atoms with Crippen LogP contribution in [0.3, 0.4) is 0 Å². The molecule has 19 heavy (non-hydrogen) atoms. The van der Waals surface area contributed by atoms with Gasteiger partial charge in [0.2, 0.25) is 0 Å². The zero-order chi connectivity index (χ0) is 14.0. The van der Waals surface area contributed by atoms with Crippen molar-refractivity contribution in [2.45, 2.75) is 38.4 Å². The van der Waals surface area contributed by atoms with Gasteiger partial charge in [0.05, 0.1) is 6.54 Å². The van der Waals surface area contributed by atoms with Crippen LogP contribution in [0.2, 0.25) is 0 Å². The highest BCUT2D eigenvalue weighted by molar-refractivity contribution is 7.09. The van der Waals surface area contributed by atoms with Crippen LogP contribution in [0.1, 0.15) is 24.6 Å². The first-order valence-corrected chi connectivity index (χ1v) is 7.17. The van der Waals surface area contributed by atoms with Gasteiger partial charge in [-0.15, -0.1) is 11.3 Å². The van der Waals surface area contributed by atoms with Gasteiger partial charge in [-0.25, -0.2) is 9.59 Å². The number of rotatable bonds is 5. The Morgan fingerprint density at radius 3 is 2.68 bits per heavy atom. The molecular formula is C13H18N2O3S. The van der Waals surface area contributed by atoms with Crippen molar-refractivity contribution in [1.29, 1.82) is 0 Å². The highest BCUT2D eigenvalue weighted by Gasteiger charge is 2.36. The standard InChI is InChI=1S/C13H18N2O3S/c1-9(12(16)17)14(2)13(18)15(10-5-6-10)8-11-4-3-7-19-11/h3-4,7,9-10H,5-6,8H2,1-2H3,(H,16,17). The monoisotopic (exact) mass is 282 g/mol. The normalized spacial score (nSPS) is 15.9. The summed E-state index contributed by atoms with van der Waals surface area (Å²) in [7, 11) is 1.55. The molecule has 0 radical (unpaired) electrons. The minimum absolute atomic E-state index is 0.203. The van der Waals surface area contributed by atoms with E-state index >= 15 is 0 Å². The minimum atomic E-state index is -0.984. The van der Waals surface area contributed by atoms with Gasteiger partial charge in [0.1, 0.15) is 6.04 Å². The average Bonchev–Trinajstić information content (AvgIpc) is 3.10. The Hall–Kier alpha value is -1.56. The van der Waals surface area contributed by atoms with Crippen LogP contribution >= 0.6 is 11.3 Å². The van der Waals surface area contributed by atoms with Crippen molar-refractivity contribution in [1.82, 2.24) is 9.80 Å². The van der Waals surface area contributed by atoms with Crippen molar-refractivity contribution in [3.8, 4) is 0 Å². The summed E-state index contributed by atoms with van der Waals surface area (Å²) in [5, 5.41) is 11.0. The largest absolute Gasteiger partial charge is 0.480 e. The van der Waals surface area contributed by atoms with Crippen molar-refractivity contribution in [2.24, 2.45) is 0 Å². The summed E-state index contributed by atoms with van der Waals surface area (Å²) >= 11 is 1.61. The Bertz CT molecular complexity index is 456.